The molecule has 4 fully saturated rings. The van der Waals surface area contributed by atoms with Crippen LogP contribution in [0.1, 0.15) is 126 Å². The Labute approximate surface area is 411 Å². The Balaban J connectivity index is 0.932. The third-order valence-electron chi connectivity index (χ3n) is 16.8. The summed E-state index contributed by atoms with van der Waals surface area (Å²) in [5.41, 5.74) is 18.9. The number of carbonyl (C=O) groups is 4. The van der Waals surface area contributed by atoms with Crippen LogP contribution in [0.2, 0.25) is 0 Å². The Bertz CT molecular complexity index is 2340. The van der Waals surface area contributed by atoms with E-state index in [4.69, 9.17) is 11.5 Å². The highest BCUT2D eigenvalue weighted by Crippen LogP contribution is 2.61. The van der Waals surface area contributed by atoms with Crippen LogP contribution in [0.25, 0.3) is 0 Å². The van der Waals surface area contributed by atoms with E-state index >= 15 is 0 Å². The summed E-state index contributed by atoms with van der Waals surface area (Å²) in [4.78, 5) is 60.7. The second-order valence-corrected chi connectivity index (χ2v) is 21.6. The third kappa shape index (κ3) is 10.7. The molecule has 4 aromatic carbocycles. The van der Waals surface area contributed by atoms with Crippen LogP contribution in [0, 0.1) is 35.5 Å². The molecule has 4 amide bonds. The van der Waals surface area contributed by atoms with E-state index in [9.17, 15) is 19.2 Å². The molecule has 368 valence electrons. The number of rotatable bonds is 20. The van der Waals surface area contributed by atoms with Gasteiger partial charge in [0.05, 0.1) is 12.1 Å². The molecule has 0 aliphatic heterocycles. The topological polar surface area (TPSA) is 151 Å². The molecule has 13 atom stereocenters. The highest BCUT2D eigenvalue weighted by Gasteiger charge is 2.56. The van der Waals surface area contributed by atoms with Gasteiger partial charge in [-0.1, -0.05) is 143 Å². The van der Waals surface area contributed by atoms with Gasteiger partial charge >= 0.3 is 0 Å². The number of amides is 4. The number of hydrogen-bond donors (Lipinski definition) is 4. The Kier molecular flexibility index (Phi) is 16.1. The van der Waals surface area contributed by atoms with Crippen molar-refractivity contribution < 1.29 is 19.2 Å². The first-order valence-corrected chi connectivity index (χ1v) is 26.2. The van der Waals surface area contributed by atoms with E-state index in [1.807, 2.05) is 64.1 Å². The molecule has 69 heavy (non-hydrogen) atoms. The fourth-order valence-electron chi connectivity index (χ4n) is 13.3. The summed E-state index contributed by atoms with van der Waals surface area (Å²) in [6, 6.07) is 37.5. The Morgan fingerprint density at radius 3 is 1.74 bits per heavy atom. The standard InChI is InChI=1S/C59H78N6O4/c1-7-64(54-44-30-29-43(33-44)50(54)41-20-14-10-15-21-41)58(68)49(32-39-18-12-9-13-19-39)62-56(66)48(60)31-26-38-24-27-40(28-25-38)46-34-45-35-47(46)51(42-22-16-11-17-23-42)55(45)65(8-2)59(69)53(37(5)6)63-57(67)52(61)36(3)4/h9-25,27-28,36-37,43-55H,7-8,26,29-35,60-61H2,1-6H3,(H,62,66)(H,63,67)/t43?,44?,45?,46?,47?,48-,49-,50?,51?,52-,53-,54?,55?/m0/s1. The molecular formula is C59H78N6O4. The van der Waals surface area contributed by atoms with Gasteiger partial charge in [-0.2, -0.15) is 0 Å². The van der Waals surface area contributed by atoms with Gasteiger partial charge in [0.1, 0.15) is 12.1 Å². The lowest BCUT2D eigenvalue weighted by Gasteiger charge is -2.44. The van der Waals surface area contributed by atoms with Crippen molar-refractivity contribution in [3.8, 4) is 0 Å². The molecule has 0 aromatic heterocycles. The summed E-state index contributed by atoms with van der Waals surface area (Å²) in [7, 11) is 0. The normalized spacial score (nSPS) is 26.4. The molecule has 10 heteroatoms. The fraction of sp³-hybridized carbons (Fsp3) is 0.525. The number of nitrogens with one attached hydrogen (secondary N) is 2. The lowest BCUT2D eigenvalue weighted by atomic mass is 9.71. The molecule has 4 saturated carbocycles. The van der Waals surface area contributed by atoms with Crippen LogP contribution < -0.4 is 22.1 Å². The maximum atomic E-state index is 14.8. The van der Waals surface area contributed by atoms with Crippen LogP contribution in [0.5, 0.6) is 0 Å². The first kappa shape index (κ1) is 50.1. The van der Waals surface area contributed by atoms with Crippen LogP contribution in [0.15, 0.2) is 115 Å². The molecule has 4 aliphatic rings. The zero-order valence-electron chi connectivity index (χ0n) is 41.9. The van der Waals surface area contributed by atoms with E-state index in [0.717, 1.165) is 36.8 Å². The predicted octanol–water partition coefficient (Wildman–Crippen LogP) is 8.35. The van der Waals surface area contributed by atoms with Crippen molar-refractivity contribution in [2.45, 2.75) is 147 Å². The van der Waals surface area contributed by atoms with E-state index in [-0.39, 0.29) is 53.5 Å². The first-order valence-electron chi connectivity index (χ1n) is 26.2. The highest BCUT2D eigenvalue weighted by atomic mass is 16.2. The maximum absolute atomic E-state index is 14.8. The minimum atomic E-state index is -0.778. The van der Waals surface area contributed by atoms with Gasteiger partial charge in [0.2, 0.25) is 23.6 Å². The Morgan fingerprint density at radius 1 is 0.580 bits per heavy atom. The lowest BCUT2D eigenvalue weighted by molar-refractivity contribution is -0.141. The van der Waals surface area contributed by atoms with Gasteiger partial charge in [-0.25, -0.2) is 0 Å². The van der Waals surface area contributed by atoms with Crippen LogP contribution in [0.4, 0.5) is 0 Å². The Hall–Kier alpha value is -5.32. The summed E-state index contributed by atoms with van der Waals surface area (Å²) >= 11 is 0. The molecule has 9 unspecified atom stereocenters. The van der Waals surface area contributed by atoms with Gasteiger partial charge in [-0.15, -0.1) is 0 Å². The summed E-state index contributed by atoms with van der Waals surface area (Å²) in [6.45, 7) is 13.1. The van der Waals surface area contributed by atoms with Gasteiger partial charge in [0.25, 0.3) is 0 Å². The molecule has 4 aliphatic carbocycles. The minimum Gasteiger partial charge on any atom is -0.343 e. The van der Waals surface area contributed by atoms with Gasteiger partial charge in [-0.3, -0.25) is 19.2 Å². The highest BCUT2D eigenvalue weighted by molar-refractivity contribution is 5.91. The summed E-state index contributed by atoms with van der Waals surface area (Å²) in [5.74, 6) is 1.69. The number of nitrogens with zero attached hydrogens (tertiary/aromatic N) is 2. The van der Waals surface area contributed by atoms with Crippen molar-refractivity contribution in [3.63, 3.8) is 0 Å². The number of hydrogen-bond acceptors (Lipinski definition) is 6. The van der Waals surface area contributed by atoms with Gasteiger partial charge in [0.15, 0.2) is 0 Å². The number of aryl methyl sites for hydroxylation is 1. The second-order valence-electron chi connectivity index (χ2n) is 21.6. The molecule has 0 spiro atoms. The number of likely N-dealkylation sites (N-methyl/N-ethyl adjacent to an activating group) is 2. The number of benzene rings is 4. The summed E-state index contributed by atoms with van der Waals surface area (Å²) in [6.07, 6.45) is 6.97. The van der Waals surface area contributed by atoms with Gasteiger partial charge < -0.3 is 31.9 Å². The third-order valence-corrected chi connectivity index (χ3v) is 16.8. The molecule has 4 bridgehead atoms. The number of carbonyl (C=O) groups excluding carboxylic acids is 4. The predicted molar refractivity (Wildman–Crippen MR) is 275 cm³/mol. The van der Waals surface area contributed by atoms with E-state index < -0.39 is 24.2 Å². The van der Waals surface area contributed by atoms with Crippen molar-refractivity contribution >= 4 is 23.6 Å². The molecule has 6 N–H and O–H groups in total. The van der Waals surface area contributed by atoms with Crippen molar-refractivity contribution in [1.82, 2.24) is 20.4 Å². The number of fused-ring (bicyclic) bond motifs is 4. The smallest absolute Gasteiger partial charge is 0.245 e. The lowest BCUT2D eigenvalue weighted by Crippen LogP contribution is -2.58. The average molecular weight is 935 g/mol. The van der Waals surface area contributed by atoms with E-state index in [2.05, 4.69) is 113 Å². The molecule has 0 heterocycles. The van der Waals surface area contributed by atoms with Crippen LogP contribution in [-0.4, -0.2) is 82.8 Å². The average Bonchev–Trinajstić information content (AvgIpc) is 4.18. The van der Waals surface area contributed by atoms with Crippen LogP contribution in [-0.2, 0) is 32.0 Å². The van der Waals surface area contributed by atoms with E-state index in [1.165, 1.54) is 23.1 Å². The second kappa shape index (κ2) is 22.2. The minimum absolute atomic E-state index is 0.0200. The first-order chi connectivity index (χ1) is 33.3. The molecular weight excluding hydrogens is 857 g/mol. The van der Waals surface area contributed by atoms with E-state index in [1.54, 1.807) is 0 Å². The van der Waals surface area contributed by atoms with Crippen molar-refractivity contribution in [1.29, 1.82) is 0 Å². The maximum Gasteiger partial charge on any atom is 0.245 e. The Morgan fingerprint density at radius 2 is 1.14 bits per heavy atom. The summed E-state index contributed by atoms with van der Waals surface area (Å²) in [5, 5.41) is 6.21. The largest absolute Gasteiger partial charge is 0.343 e. The zero-order valence-corrected chi connectivity index (χ0v) is 41.9. The van der Waals surface area contributed by atoms with Crippen LogP contribution >= 0.6 is 0 Å². The van der Waals surface area contributed by atoms with Crippen molar-refractivity contribution in [3.05, 3.63) is 143 Å². The molecule has 10 nitrogen and oxygen atoms in total. The quantitative estimate of drug-likeness (QED) is 0.0700. The molecule has 4 aromatic rings. The number of nitrogens with two attached hydrogens (primary N) is 2. The van der Waals surface area contributed by atoms with Crippen molar-refractivity contribution in [2.75, 3.05) is 13.1 Å². The van der Waals surface area contributed by atoms with Gasteiger partial charge in [0, 0.05) is 43.4 Å². The molecule has 0 saturated heterocycles. The molecule has 0 radical (unpaired) electrons. The molecule has 8 rings (SSSR count). The zero-order chi connectivity index (χ0) is 48.9. The van der Waals surface area contributed by atoms with Gasteiger partial charge in [-0.05, 0) is 128 Å². The SMILES string of the molecule is CCN(C(=O)[C@H](Cc1ccccc1)NC(=O)[C@@H](N)CCc1ccc(C2CC3CC2C(c2ccccc2)C3N(CC)C(=O)[C@@H](NC(=O)[C@@H](N)C(C)C)C(C)C)cc1)C1C2CCC(C2)C1c1ccccc1. The van der Waals surface area contributed by atoms with Crippen molar-refractivity contribution in [2.24, 2.45) is 47.0 Å². The monoisotopic (exact) mass is 935 g/mol. The van der Waals surface area contributed by atoms with E-state index in [0.29, 0.717) is 67.9 Å². The van der Waals surface area contributed by atoms with Crippen LogP contribution in [0.3, 0.4) is 0 Å². The summed E-state index contributed by atoms with van der Waals surface area (Å²) < 4.78 is 0. The fourth-order valence-corrected chi connectivity index (χ4v) is 13.3.